The Balaban J connectivity index is 2.45. The van der Waals surface area contributed by atoms with Gasteiger partial charge in [-0.1, -0.05) is 5.16 Å². The first kappa shape index (κ1) is 5.98. The number of nitrogens with one attached hydrogen (secondary N) is 1. The summed E-state index contributed by atoms with van der Waals surface area (Å²) in [4.78, 5) is 0. The lowest BCUT2D eigenvalue weighted by molar-refractivity contribution is 0.436. The third kappa shape index (κ3) is 0.760. The van der Waals surface area contributed by atoms with Crippen LogP contribution in [0.3, 0.4) is 0 Å². The van der Waals surface area contributed by atoms with Gasteiger partial charge in [0, 0.05) is 25.1 Å². The van der Waals surface area contributed by atoms with Crippen molar-refractivity contribution in [3.05, 3.63) is 11.3 Å². The summed E-state index contributed by atoms with van der Waals surface area (Å²) in [5, 5.41) is 7.21. The standard InChI is InChI=1S/C6H9BN2O/c7-6-4-3-8-2-1-5(4)9-10-6/h8H,1-3,7H2. The Kier molecular flexibility index (Phi) is 1.27. The van der Waals surface area contributed by atoms with Crippen molar-refractivity contribution in [2.75, 3.05) is 6.54 Å². The molecule has 1 aliphatic heterocycles. The number of fused-ring (bicyclic) bond motifs is 1. The molecule has 0 amide bonds. The van der Waals surface area contributed by atoms with E-state index in [1.54, 1.807) is 0 Å². The molecule has 0 saturated carbocycles. The third-order valence-electron chi connectivity index (χ3n) is 1.91. The number of nitrogens with zero attached hydrogens (tertiary/aromatic N) is 1. The van der Waals surface area contributed by atoms with E-state index in [0.717, 1.165) is 30.9 Å². The van der Waals surface area contributed by atoms with E-state index in [4.69, 9.17) is 4.52 Å². The molecule has 0 radical (unpaired) electrons. The molecule has 0 aromatic carbocycles. The molecular weight excluding hydrogens is 127 g/mol. The smallest absolute Gasteiger partial charge is 0.190 e. The van der Waals surface area contributed by atoms with Crippen LogP contribution in [0.4, 0.5) is 0 Å². The maximum Gasteiger partial charge on any atom is 0.190 e. The molecule has 2 heterocycles. The average Bonchev–Trinajstić information content (AvgIpc) is 2.34. The summed E-state index contributed by atoms with van der Waals surface area (Å²) in [6.45, 7) is 1.95. The fraction of sp³-hybridized carbons (Fsp3) is 0.500. The van der Waals surface area contributed by atoms with Crippen molar-refractivity contribution in [3.8, 4) is 0 Å². The zero-order valence-electron chi connectivity index (χ0n) is 5.98. The highest BCUT2D eigenvalue weighted by Crippen LogP contribution is 2.07. The normalized spacial score (nSPS) is 16.8. The summed E-state index contributed by atoms with van der Waals surface area (Å²) < 4.78 is 5.03. The summed E-state index contributed by atoms with van der Waals surface area (Å²) in [6.07, 6.45) is 1.01. The topological polar surface area (TPSA) is 38.1 Å². The third-order valence-corrected chi connectivity index (χ3v) is 1.91. The molecule has 1 aromatic heterocycles. The minimum atomic E-state index is 0.921. The molecule has 4 heteroatoms. The van der Waals surface area contributed by atoms with Gasteiger partial charge in [0.15, 0.2) is 7.85 Å². The van der Waals surface area contributed by atoms with Gasteiger partial charge in [-0.05, 0) is 0 Å². The van der Waals surface area contributed by atoms with Crippen molar-refractivity contribution in [1.29, 1.82) is 0 Å². The van der Waals surface area contributed by atoms with Crippen molar-refractivity contribution in [1.82, 2.24) is 10.5 Å². The predicted octanol–water partition coefficient (Wildman–Crippen LogP) is -1.42. The fourth-order valence-corrected chi connectivity index (χ4v) is 1.28. The largest absolute Gasteiger partial charge is 0.372 e. The molecule has 1 aliphatic rings. The van der Waals surface area contributed by atoms with Crippen LogP contribution in [0.15, 0.2) is 4.52 Å². The summed E-state index contributed by atoms with van der Waals surface area (Å²) in [7, 11) is 1.96. The quantitative estimate of drug-likeness (QED) is 0.444. The first-order valence-electron chi connectivity index (χ1n) is 3.52. The predicted molar refractivity (Wildman–Crippen MR) is 40.1 cm³/mol. The van der Waals surface area contributed by atoms with Crippen molar-refractivity contribution >= 4 is 13.5 Å². The minimum absolute atomic E-state index is 0.921. The summed E-state index contributed by atoms with van der Waals surface area (Å²) in [5.74, 6) is 0. The lowest BCUT2D eigenvalue weighted by Gasteiger charge is -2.09. The Labute approximate surface area is 60.2 Å². The second-order valence-corrected chi connectivity index (χ2v) is 2.59. The highest BCUT2D eigenvalue weighted by atomic mass is 16.5. The van der Waals surface area contributed by atoms with Gasteiger partial charge in [-0.25, -0.2) is 0 Å². The van der Waals surface area contributed by atoms with Gasteiger partial charge >= 0.3 is 0 Å². The summed E-state index contributed by atoms with van der Waals surface area (Å²) in [5.41, 5.74) is 3.35. The molecule has 3 nitrogen and oxygen atoms in total. The van der Waals surface area contributed by atoms with Gasteiger partial charge in [0.2, 0.25) is 0 Å². The SMILES string of the molecule is Bc1onc2c1CNCC2. The first-order valence-corrected chi connectivity index (χ1v) is 3.52. The highest BCUT2D eigenvalue weighted by molar-refractivity contribution is 6.30. The lowest BCUT2D eigenvalue weighted by atomic mass is 9.96. The molecule has 10 heavy (non-hydrogen) atoms. The van der Waals surface area contributed by atoms with Crippen LogP contribution in [-0.4, -0.2) is 19.5 Å². The number of hydrogen-bond donors (Lipinski definition) is 1. The van der Waals surface area contributed by atoms with Crippen LogP contribution in [0.1, 0.15) is 11.3 Å². The molecule has 0 unspecified atom stereocenters. The molecule has 0 saturated heterocycles. The van der Waals surface area contributed by atoms with Crippen molar-refractivity contribution < 1.29 is 4.52 Å². The van der Waals surface area contributed by atoms with Gasteiger partial charge in [0.05, 0.1) is 11.4 Å². The monoisotopic (exact) mass is 136 g/mol. The van der Waals surface area contributed by atoms with Crippen LogP contribution < -0.4 is 11.0 Å². The Morgan fingerprint density at radius 3 is 3.30 bits per heavy atom. The highest BCUT2D eigenvalue weighted by Gasteiger charge is 2.14. The van der Waals surface area contributed by atoms with Gasteiger partial charge in [-0.3, -0.25) is 0 Å². The molecule has 0 aliphatic carbocycles. The van der Waals surface area contributed by atoms with Gasteiger partial charge in [-0.15, -0.1) is 0 Å². The van der Waals surface area contributed by atoms with Crippen LogP contribution in [0.2, 0.25) is 0 Å². The number of rotatable bonds is 0. The number of hydrogen-bond acceptors (Lipinski definition) is 3. The van der Waals surface area contributed by atoms with Crippen LogP contribution >= 0.6 is 0 Å². The van der Waals surface area contributed by atoms with Crippen LogP contribution in [0.5, 0.6) is 0 Å². The van der Waals surface area contributed by atoms with E-state index in [9.17, 15) is 0 Å². The summed E-state index contributed by atoms with van der Waals surface area (Å²) >= 11 is 0. The van der Waals surface area contributed by atoms with Crippen molar-refractivity contribution in [2.24, 2.45) is 0 Å². The Morgan fingerprint density at radius 1 is 1.60 bits per heavy atom. The van der Waals surface area contributed by atoms with Crippen LogP contribution in [0.25, 0.3) is 0 Å². The van der Waals surface area contributed by atoms with Crippen LogP contribution in [-0.2, 0) is 13.0 Å². The van der Waals surface area contributed by atoms with Crippen LogP contribution in [0, 0.1) is 0 Å². The Morgan fingerprint density at radius 2 is 2.50 bits per heavy atom. The fourth-order valence-electron chi connectivity index (χ4n) is 1.28. The molecule has 0 spiro atoms. The zero-order chi connectivity index (χ0) is 6.97. The first-order chi connectivity index (χ1) is 4.88. The molecular formula is C6H9BN2O. The molecule has 1 aromatic rings. The minimum Gasteiger partial charge on any atom is -0.372 e. The molecule has 2 rings (SSSR count). The van der Waals surface area contributed by atoms with E-state index < -0.39 is 0 Å². The molecule has 0 fully saturated rings. The molecule has 0 atom stereocenters. The van der Waals surface area contributed by atoms with Gasteiger partial charge in [0.1, 0.15) is 0 Å². The van der Waals surface area contributed by atoms with Gasteiger partial charge in [-0.2, -0.15) is 0 Å². The van der Waals surface area contributed by atoms with E-state index in [-0.39, 0.29) is 0 Å². The van der Waals surface area contributed by atoms with E-state index in [1.807, 2.05) is 7.85 Å². The number of aromatic nitrogens is 1. The van der Waals surface area contributed by atoms with Crippen molar-refractivity contribution in [2.45, 2.75) is 13.0 Å². The second kappa shape index (κ2) is 2.13. The van der Waals surface area contributed by atoms with Gasteiger partial charge in [0.25, 0.3) is 0 Å². The maximum absolute atomic E-state index is 5.03. The van der Waals surface area contributed by atoms with E-state index in [1.165, 1.54) is 5.56 Å². The van der Waals surface area contributed by atoms with E-state index in [0.29, 0.717) is 0 Å². The Bertz CT molecular complexity index is 246. The van der Waals surface area contributed by atoms with Crippen molar-refractivity contribution in [3.63, 3.8) is 0 Å². The van der Waals surface area contributed by atoms with E-state index in [2.05, 4.69) is 10.5 Å². The molecule has 0 bridgehead atoms. The van der Waals surface area contributed by atoms with E-state index >= 15 is 0 Å². The second-order valence-electron chi connectivity index (χ2n) is 2.59. The summed E-state index contributed by atoms with van der Waals surface area (Å²) in [6, 6.07) is 0. The lowest BCUT2D eigenvalue weighted by Crippen LogP contribution is -2.26. The molecule has 52 valence electrons. The average molecular weight is 136 g/mol. The maximum atomic E-state index is 5.03. The van der Waals surface area contributed by atoms with Gasteiger partial charge < -0.3 is 9.84 Å². The molecule has 1 N–H and O–H groups in total. The zero-order valence-corrected chi connectivity index (χ0v) is 5.98. The Hall–Kier alpha value is -0.765.